The topological polar surface area (TPSA) is 24.9 Å². The second-order valence-electron chi connectivity index (χ2n) is 2.96. The Labute approximate surface area is 93.3 Å². The number of hydrogen-bond donors (Lipinski definition) is 1. The number of aryl methyl sites for hydroxylation is 1. The van der Waals surface area contributed by atoms with Gasteiger partial charge >= 0.3 is 0 Å². The van der Waals surface area contributed by atoms with E-state index in [1.807, 2.05) is 7.05 Å². The standard InChI is InChI=1S/C10H15IN2/c1-12-7-3-6-9-4-2-5-10(8-11)13-9/h2,4-5,12H,3,6-8H2,1H3. The highest BCUT2D eigenvalue weighted by molar-refractivity contribution is 14.1. The zero-order valence-electron chi connectivity index (χ0n) is 7.89. The van der Waals surface area contributed by atoms with Gasteiger partial charge < -0.3 is 5.32 Å². The van der Waals surface area contributed by atoms with Crippen LogP contribution < -0.4 is 5.32 Å². The average Bonchev–Trinajstić information content (AvgIpc) is 2.19. The van der Waals surface area contributed by atoms with Gasteiger partial charge in [-0.05, 0) is 38.6 Å². The highest BCUT2D eigenvalue weighted by atomic mass is 127. The number of pyridine rings is 1. The van der Waals surface area contributed by atoms with Crippen LogP contribution in [-0.4, -0.2) is 18.6 Å². The van der Waals surface area contributed by atoms with Crippen LogP contribution in [0.1, 0.15) is 17.8 Å². The number of nitrogens with one attached hydrogen (secondary N) is 1. The fourth-order valence-corrected chi connectivity index (χ4v) is 1.61. The Morgan fingerprint density at radius 3 is 2.85 bits per heavy atom. The van der Waals surface area contributed by atoms with Gasteiger partial charge in [0.05, 0.1) is 5.69 Å². The lowest BCUT2D eigenvalue weighted by Gasteiger charge is -2.01. The van der Waals surface area contributed by atoms with Crippen molar-refractivity contribution in [1.82, 2.24) is 10.3 Å². The van der Waals surface area contributed by atoms with Crippen molar-refractivity contribution in [2.75, 3.05) is 13.6 Å². The van der Waals surface area contributed by atoms with Crippen molar-refractivity contribution in [2.24, 2.45) is 0 Å². The zero-order valence-corrected chi connectivity index (χ0v) is 10.0. The Kier molecular flexibility index (Phi) is 5.31. The lowest BCUT2D eigenvalue weighted by molar-refractivity contribution is 0.714. The van der Waals surface area contributed by atoms with E-state index in [0.29, 0.717) is 0 Å². The van der Waals surface area contributed by atoms with E-state index in [9.17, 15) is 0 Å². The molecule has 0 radical (unpaired) electrons. The molecule has 0 saturated carbocycles. The number of rotatable bonds is 5. The number of halogens is 1. The second kappa shape index (κ2) is 6.32. The van der Waals surface area contributed by atoms with Gasteiger partial charge in [0, 0.05) is 10.1 Å². The minimum atomic E-state index is 0.998. The monoisotopic (exact) mass is 290 g/mol. The molecule has 1 aromatic rings. The number of nitrogens with zero attached hydrogens (tertiary/aromatic N) is 1. The van der Waals surface area contributed by atoms with Crippen LogP contribution in [-0.2, 0) is 10.8 Å². The normalized spacial score (nSPS) is 10.3. The summed E-state index contributed by atoms with van der Waals surface area (Å²) >= 11 is 2.34. The first-order valence-corrected chi connectivity index (χ1v) is 6.04. The summed E-state index contributed by atoms with van der Waals surface area (Å²) in [5.41, 5.74) is 2.40. The van der Waals surface area contributed by atoms with Crippen molar-refractivity contribution in [3.8, 4) is 0 Å². The van der Waals surface area contributed by atoms with E-state index in [-0.39, 0.29) is 0 Å². The molecule has 13 heavy (non-hydrogen) atoms. The van der Waals surface area contributed by atoms with E-state index in [4.69, 9.17) is 0 Å². The molecule has 1 rings (SSSR count). The number of alkyl halides is 1. The van der Waals surface area contributed by atoms with Gasteiger partial charge in [-0.1, -0.05) is 28.7 Å². The molecule has 0 amide bonds. The third kappa shape index (κ3) is 4.04. The fraction of sp³-hybridized carbons (Fsp3) is 0.500. The van der Waals surface area contributed by atoms with Crippen molar-refractivity contribution in [1.29, 1.82) is 0 Å². The smallest absolute Gasteiger partial charge is 0.0504 e. The molecular formula is C10H15IN2. The van der Waals surface area contributed by atoms with Crippen LogP contribution in [0.15, 0.2) is 18.2 Å². The quantitative estimate of drug-likeness (QED) is 0.511. The van der Waals surface area contributed by atoms with Gasteiger partial charge in [-0.15, -0.1) is 0 Å². The van der Waals surface area contributed by atoms with Crippen LogP contribution in [0, 0.1) is 0 Å². The molecule has 0 unspecified atom stereocenters. The summed E-state index contributed by atoms with van der Waals surface area (Å²) in [6, 6.07) is 6.27. The summed E-state index contributed by atoms with van der Waals surface area (Å²) in [4.78, 5) is 4.53. The summed E-state index contributed by atoms with van der Waals surface area (Å²) in [7, 11) is 1.98. The third-order valence-corrected chi connectivity index (χ3v) is 2.64. The molecule has 0 atom stereocenters. The van der Waals surface area contributed by atoms with E-state index in [2.05, 4.69) is 51.1 Å². The van der Waals surface area contributed by atoms with Crippen LogP contribution in [0.2, 0.25) is 0 Å². The van der Waals surface area contributed by atoms with Crippen LogP contribution >= 0.6 is 22.6 Å². The van der Waals surface area contributed by atoms with Gasteiger partial charge in [0.2, 0.25) is 0 Å². The molecule has 0 spiro atoms. The second-order valence-corrected chi connectivity index (χ2v) is 3.72. The van der Waals surface area contributed by atoms with Gasteiger partial charge in [-0.2, -0.15) is 0 Å². The Morgan fingerprint density at radius 1 is 1.38 bits per heavy atom. The Bertz CT molecular complexity index is 250. The molecule has 72 valence electrons. The maximum atomic E-state index is 4.53. The summed E-state index contributed by atoms with van der Waals surface area (Å²) in [6.07, 6.45) is 2.24. The number of aromatic nitrogens is 1. The van der Waals surface area contributed by atoms with Crippen LogP contribution in [0.5, 0.6) is 0 Å². The first kappa shape index (κ1) is 10.9. The maximum Gasteiger partial charge on any atom is 0.0504 e. The van der Waals surface area contributed by atoms with E-state index in [1.54, 1.807) is 0 Å². The molecule has 0 aliphatic heterocycles. The molecule has 0 aliphatic carbocycles. The van der Waals surface area contributed by atoms with Crippen molar-refractivity contribution >= 4 is 22.6 Å². The Hall–Kier alpha value is -0.160. The van der Waals surface area contributed by atoms with Crippen LogP contribution in [0.4, 0.5) is 0 Å². The Morgan fingerprint density at radius 2 is 2.15 bits per heavy atom. The van der Waals surface area contributed by atoms with E-state index in [1.165, 1.54) is 11.4 Å². The highest BCUT2D eigenvalue weighted by Gasteiger charge is 1.95. The molecule has 0 fully saturated rings. The summed E-state index contributed by atoms with van der Waals surface area (Å²) < 4.78 is 0.998. The summed E-state index contributed by atoms with van der Waals surface area (Å²) in [5, 5.41) is 3.14. The first-order valence-electron chi connectivity index (χ1n) is 4.52. The molecular weight excluding hydrogens is 275 g/mol. The first-order chi connectivity index (χ1) is 6.36. The third-order valence-electron chi connectivity index (χ3n) is 1.86. The fourth-order valence-electron chi connectivity index (χ4n) is 1.19. The van der Waals surface area contributed by atoms with E-state index < -0.39 is 0 Å². The SMILES string of the molecule is CNCCCc1cccc(CI)n1. The van der Waals surface area contributed by atoms with Gasteiger partial charge in [0.15, 0.2) is 0 Å². The Balaban J connectivity index is 2.46. The molecule has 1 aromatic heterocycles. The molecule has 3 heteroatoms. The molecule has 1 N–H and O–H groups in total. The van der Waals surface area contributed by atoms with Gasteiger partial charge in [0.1, 0.15) is 0 Å². The lowest BCUT2D eigenvalue weighted by Crippen LogP contribution is -2.08. The summed E-state index contributed by atoms with van der Waals surface area (Å²) in [6.45, 7) is 1.07. The molecule has 0 aromatic carbocycles. The van der Waals surface area contributed by atoms with E-state index in [0.717, 1.165) is 23.8 Å². The zero-order chi connectivity index (χ0) is 9.52. The van der Waals surface area contributed by atoms with Crippen LogP contribution in [0.25, 0.3) is 0 Å². The van der Waals surface area contributed by atoms with Crippen molar-refractivity contribution in [3.63, 3.8) is 0 Å². The number of hydrogen-bond acceptors (Lipinski definition) is 2. The van der Waals surface area contributed by atoms with Gasteiger partial charge in [-0.25, -0.2) is 0 Å². The maximum absolute atomic E-state index is 4.53. The predicted molar refractivity (Wildman–Crippen MR) is 64.2 cm³/mol. The van der Waals surface area contributed by atoms with E-state index >= 15 is 0 Å². The average molecular weight is 290 g/mol. The van der Waals surface area contributed by atoms with Crippen molar-refractivity contribution < 1.29 is 0 Å². The summed E-state index contributed by atoms with van der Waals surface area (Å²) in [5.74, 6) is 0. The molecule has 1 heterocycles. The van der Waals surface area contributed by atoms with Gasteiger partial charge in [-0.3, -0.25) is 4.98 Å². The lowest BCUT2D eigenvalue weighted by atomic mass is 10.2. The molecule has 0 aliphatic rings. The predicted octanol–water partition coefficient (Wildman–Crippen LogP) is 2.17. The molecule has 0 bridgehead atoms. The molecule has 2 nitrogen and oxygen atoms in total. The van der Waals surface area contributed by atoms with Crippen molar-refractivity contribution in [3.05, 3.63) is 29.6 Å². The highest BCUT2D eigenvalue weighted by Crippen LogP contribution is 2.05. The molecule has 0 saturated heterocycles. The minimum Gasteiger partial charge on any atom is -0.320 e. The van der Waals surface area contributed by atoms with Gasteiger partial charge in [0.25, 0.3) is 0 Å². The minimum absolute atomic E-state index is 0.998. The van der Waals surface area contributed by atoms with Crippen LogP contribution in [0.3, 0.4) is 0 Å². The largest absolute Gasteiger partial charge is 0.320 e. The van der Waals surface area contributed by atoms with Crippen molar-refractivity contribution in [2.45, 2.75) is 17.3 Å².